The van der Waals surface area contributed by atoms with E-state index in [9.17, 15) is 4.70 Å². The van der Waals surface area contributed by atoms with E-state index in [-0.39, 0.29) is 0 Å². The summed E-state index contributed by atoms with van der Waals surface area (Å²) in [7, 11) is 0.375. The molecule has 3 heteroatoms. The number of allylic oxidation sites excluding steroid dienone is 1. The summed E-state index contributed by atoms with van der Waals surface area (Å²) in [4.78, 5) is 0. The average Bonchev–Trinajstić information content (AvgIpc) is 1.61. The minimum absolute atomic E-state index is 0.375. The number of hydrogen-bond donors (Lipinski definition) is 0. The Bertz CT molecular complexity index is 59.8. The van der Waals surface area contributed by atoms with Gasteiger partial charge in [-0.05, 0) is 0 Å². The SMILES string of the molecule is CC=COB=O. The molecule has 0 aliphatic carbocycles. The van der Waals surface area contributed by atoms with Crippen molar-refractivity contribution in [2.75, 3.05) is 0 Å². The summed E-state index contributed by atoms with van der Waals surface area (Å²) in [6, 6.07) is 0. The standard InChI is InChI=1S/C3H5BO2/c1-2-3-6-4-5/h2-3H,1H3. The third-order valence-corrected chi connectivity index (χ3v) is 0.270. The molecule has 0 heterocycles. The van der Waals surface area contributed by atoms with Crippen LogP contribution in [0, 0.1) is 0 Å². The molecule has 0 rings (SSSR count). The summed E-state index contributed by atoms with van der Waals surface area (Å²) >= 11 is 0. The summed E-state index contributed by atoms with van der Waals surface area (Å²) in [6.07, 6.45) is 2.95. The maximum absolute atomic E-state index is 9.29. The Balaban J connectivity index is 2.85. The number of hydrogen-bond acceptors (Lipinski definition) is 2. The van der Waals surface area contributed by atoms with E-state index in [2.05, 4.69) is 4.65 Å². The molecule has 0 N–H and O–H groups in total. The molecule has 0 unspecified atom stereocenters. The average molecular weight is 83.9 g/mol. The van der Waals surface area contributed by atoms with Gasteiger partial charge >= 0.3 is 36.0 Å². The molecule has 0 aliphatic heterocycles. The van der Waals surface area contributed by atoms with Crippen molar-refractivity contribution < 1.29 is 9.36 Å². The van der Waals surface area contributed by atoms with Gasteiger partial charge in [-0.25, -0.2) is 0 Å². The van der Waals surface area contributed by atoms with Gasteiger partial charge in [0.2, 0.25) is 0 Å². The Hall–Kier alpha value is -0.595. The predicted molar refractivity (Wildman–Crippen MR) is 22.3 cm³/mol. The molecular formula is C3H5BO2. The molecule has 2 nitrogen and oxygen atoms in total. The topological polar surface area (TPSA) is 26.3 Å². The first-order valence-electron chi connectivity index (χ1n) is 1.62. The molecule has 0 fully saturated rings. The molecule has 0 saturated carbocycles. The predicted octanol–water partition coefficient (Wildman–Crippen LogP) is 0.501. The fraction of sp³-hybridized carbons (Fsp3) is 0.333. The second-order valence-electron chi connectivity index (χ2n) is 0.702. The van der Waals surface area contributed by atoms with Crippen LogP contribution >= 0.6 is 0 Å². The van der Waals surface area contributed by atoms with Gasteiger partial charge in [-0.3, -0.25) is 0 Å². The van der Waals surface area contributed by atoms with Crippen LogP contribution in [-0.2, 0) is 9.36 Å². The summed E-state index contributed by atoms with van der Waals surface area (Å²) in [5.41, 5.74) is 0. The van der Waals surface area contributed by atoms with Crippen molar-refractivity contribution in [3.05, 3.63) is 12.3 Å². The normalized spacial score (nSPS) is 8.17. The van der Waals surface area contributed by atoms with Crippen molar-refractivity contribution >= 4 is 7.35 Å². The van der Waals surface area contributed by atoms with Crippen LogP contribution in [0.1, 0.15) is 6.92 Å². The fourth-order valence-electron chi connectivity index (χ4n) is 0.111. The van der Waals surface area contributed by atoms with Gasteiger partial charge in [0.25, 0.3) is 0 Å². The van der Waals surface area contributed by atoms with E-state index in [0.717, 1.165) is 0 Å². The molecule has 0 aromatic heterocycles. The maximum atomic E-state index is 9.29. The van der Waals surface area contributed by atoms with Crippen LogP contribution < -0.4 is 0 Å². The van der Waals surface area contributed by atoms with E-state index in [0.29, 0.717) is 7.35 Å². The van der Waals surface area contributed by atoms with Crippen molar-refractivity contribution in [1.82, 2.24) is 0 Å². The summed E-state index contributed by atoms with van der Waals surface area (Å²) in [5, 5.41) is 0. The summed E-state index contributed by atoms with van der Waals surface area (Å²) in [6.45, 7) is 1.77. The Labute approximate surface area is 37.1 Å². The third-order valence-electron chi connectivity index (χ3n) is 0.270. The van der Waals surface area contributed by atoms with Crippen LogP contribution in [0.5, 0.6) is 0 Å². The van der Waals surface area contributed by atoms with Gasteiger partial charge in [0.1, 0.15) is 0 Å². The zero-order valence-corrected chi connectivity index (χ0v) is 3.55. The van der Waals surface area contributed by atoms with Crippen LogP contribution in [0.15, 0.2) is 12.3 Å². The Kier molecular flexibility index (Phi) is 3.97. The van der Waals surface area contributed by atoms with Gasteiger partial charge in [0, 0.05) is 0 Å². The molecule has 0 spiro atoms. The van der Waals surface area contributed by atoms with Gasteiger partial charge in [-0.15, -0.1) is 0 Å². The van der Waals surface area contributed by atoms with Crippen LogP contribution in [0.4, 0.5) is 0 Å². The monoisotopic (exact) mass is 84.0 g/mol. The van der Waals surface area contributed by atoms with E-state index in [1.165, 1.54) is 6.26 Å². The molecule has 0 amide bonds. The first-order valence-corrected chi connectivity index (χ1v) is 1.62. The van der Waals surface area contributed by atoms with E-state index in [1.807, 2.05) is 0 Å². The zero-order valence-electron chi connectivity index (χ0n) is 3.55. The van der Waals surface area contributed by atoms with Gasteiger partial charge in [0.05, 0.1) is 0 Å². The van der Waals surface area contributed by atoms with E-state index >= 15 is 0 Å². The van der Waals surface area contributed by atoms with Gasteiger partial charge in [0.15, 0.2) is 0 Å². The molecule has 0 bridgehead atoms. The van der Waals surface area contributed by atoms with Crippen molar-refractivity contribution in [3.63, 3.8) is 0 Å². The van der Waals surface area contributed by atoms with Crippen LogP contribution in [0.25, 0.3) is 0 Å². The van der Waals surface area contributed by atoms with E-state index in [4.69, 9.17) is 0 Å². The third kappa shape index (κ3) is 3.40. The zero-order chi connectivity index (χ0) is 4.83. The van der Waals surface area contributed by atoms with Crippen molar-refractivity contribution in [2.45, 2.75) is 6.92 Å². The summed E-state index contributed by atoms with van der Waals surface area (Å²) in [5.74, 6) is 0. The molecule has 0 aliphatic rings. The fourth-order valence-corrected chi connectivity index (χ4v) is 0.111. The van der Waals surface area contributed by atoms with Crippen LogP contribution in [0.2, 0.25) is 0 Å². The molecule has 0 atom stereocenters. The van der Waals surface area contributed by atoms with E-state index in [1.54, 1.807) is 13.0 Å². The quantitative estimate of drug-likeness (QED) is 0.359. The molecule has 0 aromatic rings. The molecular weight excluding hydrogens is 78.8 g/mol. The molecule has 6 heavy (non-hydrogen) atoms. The van der Waals surface area contributed by atoms with Crippen molar-refractivity contribution in [2.24, 2.45) is 0 Å². The molecule has 32 valence electrons. The van der Waals surface area contributed by atoms with Crippen molar-refractivity contribution in [3.8, 4) is 0 Å². The Morgan fingerprint density at radius 1 is 1.83 bits per heavy atom. The second kappa shape index (κ2) is 4.40. The molecule has 0 saturated heterocycles. The van der Waals surface area contributed by atoms with Gasteiger partial charge in [-0.1, -0.05) is 0 Å². The van der Waals surface area contributed by atoms with Gasteiger partial charge < -0.3 is 0 Å². The second-order valence-corrected chi connectivity index (χ2v) is 0.702. The van der Waals surface area contributed by atoms with Crippen LogP contribution in [-0.4, -0.2) is 7.35 Å². The molecule has 0 aromatic carbocycles. The summed E-state index contributed by atoms with van der Waals surface area (Å²) < 4.78 is 13.4. The Morgan fingerprint density at radius 2 is 2.50 bits per heavy atom. The van der Waals surface area contributed by atoms with E-state index < -0.39 is 0 Å². The first kappa shape index (κ1) is 5.40. The Morgan fingerprint density at radius 3 is 2.67 bits per heavy atom. The molecule has 0 radical (unpaired) electrons. The van der Waals surface area contributed by atoms with Crippen LogP contribution in [0.3, 0.4) is 0 Å². The number of rotatable bonds is 2. The van der Waals surface area contributed by atoms with Gasteiger partial charge in [-0.2, -0.15) is 0 Å². The minimum atomic E-state index is 0.375. The first-order chi connectivity index (χ1) is 2.91. The van der Waals surface area contributed by atoms with Crippen molar-refractivity contribution in [1.29, 1.82) is 0 Å².